The fourth-order valence-electron chi connectivity index (χ4n) is 2.32. The molecule has 0 atom stereocenters. The van der Waals surface area contributed by atoms with E-state index >= 15 is 0 Å². The maximum atomic E-state index is 11.2. The van der Waals surface area contributed by atoms with Crippen LogP contribution in [0.2, 0.25) is 0 Å². The van der Waals surface area contributed by atoms with Gasteiger partial charge in [0, 0.05) is 23.4 Å². The van der Waals surface area contributed by atoms with Crippen LogP contribution < -0.4 is 15.6 Å². The van der Waals surface area contributed by atoms with Crippen molar-refractivity contribution >= 4 is 11.7 Å². The predicted octanol–water partition coefficient (Wildman–Crippen LogP) is 2.37. The molecule has 0 bridgehead atoms. The van der Waals surface area contributed by atoms with Crippen LogP contribution >= 0.6 is 0 Å². The summed E-state index contributed by atoms with van der Waals surface area (Å²) in [4.78, 5) is 11.2. The molecule has 0 unspecified atom stereocenters. The number of benzene rings is 2. The normalized spacial score (nSPS) is 13.1. The Kier molecular flexibility index (Phi) is 4.22. The Labute approximate surface area is 127 Å². The van der Waals surface area contributed by atoms with Crippen LogP contribution in [0.25, 0.3) is 0 Å². The highest BCUT2D eigenvalue weighted by Crippen LogP contribution is 2.29. The molecule has 0 spiro atoms. The summed E-state index contributed by atoms with van der Waals surface area (Å²) in [7, 11) is 0. The molecule has 1 aliphatic heterocycles. The van der Waals surface area contributed by atoms with Crippen LogP contribution in [0.3, 0.4) is 0 Å². The van der Waals surface area contributed by atoms with Crippen molar-refractivity contribution in [3.63, 3.8) is 0 Å². The Hall–Kier alpha value is -2.57. The molecule has 3 N–H and O–H groups in total. The largest absolute Gasteiger partial charge is 0.478 e. The molecule has 2 aromatic rings. The van der Waals surface area contributed by atoms with E-state index in [4.69, 9.17) is 9.47 Å². The van der Waals surface area contributed by atoms with Crippen LogP contribution in [0.4, 0.5) is 5.69 Å². The van der Waals surface area contributed by atoms with Gasteiger partial charge in [-0.05, 0) is 24.3 Å². The Bertz CT molecular complexity index is 673. The first-order chi connectivity index (χ1) is 10.7. The Balaban J connectivity index is 1.77. The number of carboxylic acid groups (broad SMARTS) is 1. The van der Waals surface area contributed by atoms with E-state index < -0.39 is 5.97 Å². The van der Waals surface area contributed by atoms with E-state index in [2.05, 4.69) is 10.9 Å². The second-order valence-corrected chi connectivity index (χ2v) is 4.88. The molecule has 0 saturated heterocycles. The van der Waals surface area contributed by atoms with Crippen LogP contribution in [0.5, 0.6) is 5.75 Å². The van der Waals surface area contributed by atoms with Crippen LogP contribution in [-0.4, -0.2) is 17.9 Å². The van der Waals surface area contributed by atoms with Gasteiger partial charge in [-0.3, -0.25) is 0 Å². The molecular weight excluding hydrogens is 284 g/mol. The average Bonchev–Trinajstić information content (AvgIpc) is 2.55. The molecule has 6 heteroatoms. The maximum Gasteiger partial charge on any atom is 0.335 e. The number of aromatic carboxylic acids is 1. The first-order valence-electron chi connectivity index (χ1n) is 6.87. The third kappa shape index (κ3) is 3.19. The molecule has 1 heterocycles. The second kappa shape index (κ2) is 6.46. The SMILES string of the molecule is O=C(O)c1cc(CNNc2ccccc2)c2c(c1)COCO2. The fraction of sp³-hybridized carbons (Fsp3) is 0.188. The van der Waals surface area contributed by atoms with Crippen molar-refractivity contribution in [2.75, 3.05) is 12.2 Å². The van der Waals surface area contributed by atoms with Crippen molar-refractivity contribution in [3.8, 4) is 5.75 Å². The van der Waals surface area contributed by atoms with Gasteiger partial charge in [0.05, 0.1) is 12.2 Å². The zero-order valence-corrected chi connectivity index (χ0v) is 11.8. The number of para-hydroxylation sites is 1. The lowest BCUT2D eigenvalue weighted by atomic mass is 10.0. The van der Waals surface area contributed by atoms with Gasteiger partial charge in [0.15, 0.2) is 6.79 Å². The zero-order chi connectivity index (χ0) is 15.4. The summed E-state index contributed by atoms with van der Waals surface area (Å²) in [5.41, 5.74) is 8.82. The smallest absolute Gasteiger partial charge is 0.335 e. The van der Waals surface area contributed by atoms with E-state index in [9.17, 15) is 9.90 Å². The molecular formula is C16H16N2O4. The number of nitrogens with one attached hydrogen (secondary N) is 2. The Morgan fingerprint density at radius 2 is 2.05 bits per heavy atom. The molecule has 3 rings (SSSR count). The highest BCUT2D eigenvalue weighted by molar-refractivity contribution is 5.88. The fourth-order valence-corrected chi connectivity index (χ4v) is 2.32. The average molecular weight is 300 g/mol. The number of anilines is 1. The topological polar surface area (TPSA) is 79.8 Å². The number of carboxylic acids is 1. The standard InChI is InChI=1S/C16H16N2O4/c19-16(20)11-6-12(15-13(7-11)9-21-10-22-15)8-17-18-14-4-2-1-3-5-14/h1-7,17-18H,8-10H2,(H,19,20). The number of hydrazine groups is 1. The Morgan fingerprint density at radius 1 is 1.23 bits per heavy atom. The van der Waals surface area contributed by atoms with Crippen LogP contribution in [0.15, 0.2) is 42.5 Å². The molecule has 2 aromatic carbocycles. The van der Waals surface area contributed by atoms with Crippen molar-refractivity contribution in [2.45, 2.75) is 13.2 Å². The molecule has 22 heavy (non-hydrogen) atoms. The highest BCUT2D eigenvalue weighted by atomic mass is 16.7. The monoisotopic (exact) mass is 300 g/mol. The molecule has 0 amide bonds. The Morgan fingerprint density at radius 3 is 2.82 bits per heavy atom. The van der Waals surface area contributed by atoms with Crippen LogP contribution in [-0.2, 0) is 17.9 Å². The molecule has 114 valence electrons. The van der Waals surface area contributed by atoms with Gasteiger partial charge in [0.1, 0.15) is 5.75 Å². The van der Waals surface area contributed by atoms with Crippen LogP contribution in [0.1, 0.15) is 21.5 Å². The highest BCUT2D eigenvalue weighted by Gasteiger charge is 2.18. The van der Waals surface area contributed by atoms with Crippen molar-refractivity contribution in [3.05, 3.63) is 59.2 Å². The van der Waals surface area contributed by atoms with E-state index in [1.165, 1.54) is 0 Å². The van der Waals surface area contributed by atoms with Crippen molar-refractivity contribution in [1.29, 1.82) is 0 Å². The van der Waals surface area contributed by atoms with Gasteiger partial charge in [-0.15, -0.1) is 0 Å². The van der Waals surface area contributed by atoms with Gasteiger partial charge in [-0.25, -0.2) is 10.2 Å². The lowest BCUT2D eigenvalue weighted by molar-refractivity contribution is -0.0171. The second-order valence-electron chi connectivity index (χ2n) is 4.88. The summed E-state index contributed by atoms with van der Waals surface area (Å²) in [5, 5.41) is 9.20. The molecule has 0 fully saturated rings. The number of carbonyl (C=O) groups is 1. The number of fused-ring (bicyclic) bond motifs is 1. The molecule has 0 radical (unpaired) electrons. The third-order valence-corrected chi connectivity index (χ3v) is 3.32. The predicted molar refractivity (Wildman–Crippen MR) is 80.6 cm³/mol. The molecule has 6 nitrogen and oxygen atoms in total. The van der Waals surface area contributed by atoms with Crippen molar-refractivity contribution in [1.82, 2.24) is 5.43 Å². The van der Waals surface area contributed by atoms with E-state index in [0.29, 0.717) is 18.9 Å². The number of rotatable bonds is 5. The molecule has 0 aliphatic carbocycles. The van der Waals surface area contributed by atoms with Crippen LogP contribution in [0, 0.1) is 0 Å². The lowest BCUT2D eigenvalue weighted by Crippen LogP contribution is -2.23. The minimum absolute atomic E-state index is 0.179. The zero-order valence-electron chi connectivity index (χ0n) is 11.8. The summed E-state index contributed by atoms with van der Waals surface area (Å²) in [6.45, 7) is 0.965. The van der Waals surface area contributed by atoms with Crippen molar-refractivity contribution < 1.29 is 19.4 Å². The van der Waals surface area contributed by atoms with E-state index in [0.717, 1.165) is 16.8 Å². The van der Waals surface area contributed by atoms with Gasteiger partial charge < -0.3 is 20.0 Å². The summed E-state index contributed by atoms with van der Waals surface area (Å²) in [5.74, 6) is -0.274. The van der Waals surface area contributed by atoms with Gasteiger partial charge in [-0.1, -0.05) is 18.2 Å². The lowest BCUT2D eigenvalue weighted by Gasteiger charge is -2.21. The summed E-state index contributed by atoms with van der Waals surface area (Å²) in [6, 6.07) is 12.9. The minimum Gasteiger partial charge on any atom is -0.478 e. The van der Waals surface area contributed by atoms with E-state index in [1.807, 2.05) is 30.3 Å². The number of hydrogen-bond acceptors (Lipinski definition) is 5. The summed E-state index contributed by atoms with van der Waals surface area (Å²) >= 11 is 0. The van der Waals surface area contributed by atoms with E-state index in [1.54, 1.807) is 12.1 Å². The molecule has 1 aliphatic rings. The minimum atomic E-state index is -0.967. The molecule has 0 aromatic heterocycles. The number of ether oxygens (including phenoxy) is 2. The van der Waals surface area contributed by atoms with Gasteiger partial charge in [-0.2, -0.15) is 0 Å². The van der Waals surface area contributed by atoms with Crippen molar-refractivity contribution in [2.24, 2.45) is 0 Å². The van der Waals surface area contributed by atoms with E-state index in [-0.39, 0.29) is 12.4 Å². The van der Waals surface area contributed by atoms with Gasteiger partial charge >= 0.3 is 5.97 Å². The maximum absolute atomic E-state index is 11.2. The summed E-state index contributed by atoms with van der Waals surface area (Å²) < 4.78 is 10.7. The quantitative estimate of drug-likeness (QED) is 0.736. The first-order valence-corrected chi connectivity index (χ1v) is 6.87. The van der Waals surface area contributed by atoms with Gasteiger partial charge in [0.25, 0.3) is 0 Å². The third-order valence-electron chi connectivity index (χ3n) is 3.32. The summed E-state index contributed by atoms with van der Waals surface area (Å²) in [6.07, 6.45) is 0. The van der Waals surface area contributed by atoms with Gasteiger partial charge in [0.2, 0.25) is 0 Å². The number of hydrogen-bond donors (Lipinski definition) is 3. The molecule has 0 saturated carbocycles. The first kappa shape index (κ1) is 14.4.